The van der Waals surface area contributed by atoms with E-state index < -0.39 is 5.97 Å². The molecule has 0 aliphatic rings. The summed E-state index contributed by atoms with van der Waals surface area (Å²) in [5, 5.41) is 17.3. The number of unbranched alkanes of at least 4 members (excludes halogenated alkanes) is 2. The van der Waals surface area contributed by atoms with Crippen molar-refractivity contribution < 1.29 is 15.0 Å². The molecule has 1 aromatic heterocycles. The van der Waals surface area contributed by atoms with Crippen molar-refractivity contribution >= 4 is 5.97 Å². The largest absolute Gasteiger partial charge is 0.478 e. The van der Waals surface area contributed by atoms with Gasteiger partial charge in [0.2, 0.25) is 0 Å². The number of aliphatic hydroxyl groups is 1. The van der Waals surface area contributed by atoms with Crippen LogP contribution >= 0.6 is 0 Å². The number of nitrogens with zero attached hydrogens (tertiary/aromatic N) is 1. The summed E-state index contributed by atoms with van der Waals surface area (Å²) in [6.45, 7) is 0.714. The van der Waals surface area contributed by atoms with Crippen LogP contribution in [0.15, 0.2) is 23.1 Å². The average molecular weight is 225 g/mol. The van der Waals surface area contributed by atoms with Gasteiger partial charge in [0, 0.05) is 25.4 Å². The first kappa shape index (κ1) is 12.4. The van der Waals surface area contributed by atoms with Crippen molar-refractivity contribution in [3.63, 3.8) is 0 Å². The van der Waals surface area contributed by atoms with E-state index in [0.717, 1.165) is 25.3 Å². The molecule has 0 saturated heterocycles. The van der Waals surface area contributed by atoms with Crippen LogP contribution in [0.1, 0.15) is 29.6 Å². The minimum absolute atomic E-state index is 0.0107. The van der Waals surface area contributed by atoms with Crippen LogP contribution in [0.2, 0.25) is 0 Å². The fourth-order valence-corrected chi connectivity index (χ4v) is 1.40. The van der Waals surface area contributed by atoms with Gasteiger partial charge in [0.05, 0.1) is 5.56 Å². The molecule has 0 radical (unpaired) electrons. The molecule has 0 aromatic carbocycles. The Balaban J connectivity index is 2.61. The summed E-state index contributed by atoms with van der Waals surface area (Å²) in [6.07, 6.45) is 3.86. The summed E-state index contributed by atoms with van der Waals surface area (Å²) >= 11 is 0. The second-order valence-corrected chi connectivity index (χ2v) is 3.54. The Labute approximate surface area is 93.0 Å². The highest BCUT2D eigenvalue weighted by molar-refractivity contribution is 5.87. The monoisotopic (exact) mass is 225 g/mol. The number of hydrogen-bond donors (Lipinski definition) is 2. The third-order valence-electron chi connectivity index (χ3n) is 2.30. The van der Waals surface area contributed by atoms with Crippen molar-refractivity contribution in [1.82, 2.24) is 4.57 Å². The molecule has 1 rings (SSSR count). The fraction of sp³-hybridized carbons (Fsp3) is 0.455. The van der Waals surface area contributed by atoms with Crippen LogP contribution in [0.4, 0.5) is 0 Å². The molecule has 0 saturated carbocycles. The Bertz CT molecular complexity index is 411. The van der Waals surface area contributed by atoms with E-state index in [-0.39, 0.29) is 17.7 Å². The molecule has 88 valence electrons. The summed E-state index contributed by atoms with van der Waals surface area (Å²) in [7, 11) is 0. The van der Waals surface area contributed by atoms with E-state index in [4.69, 9.17) is 10.2 Å². The maximum Gasteiger partial charge on any atom is 0.335 e. The normalized spacial score (nSPS) is 10.3. The lowest BCUT2D eigenvalue weighted by atomic mass is 10.2. The lowest BCUT2D eigenvalue weighted by Gasteiger charge is -2.05. The molecule has 5 heteroatoms. The molecular weight excluding hydrogens is 210 g/mol. The first-order chi connectivity index (χ1) is 7.65. The molecule has 0 bridgehead atoms. The third-order valence-corrected chi connectivity index (χ3v) is 2.30. The third kappa shape index (κ3) is 3.51. The van der Waals surface area contributed by atoms with Gasteiger partial charge in [-0.1, -0.05) is 0 Å². The Morgan fingerprint density at radius 1 is 1.31 bits per heavy atom. The van der Waals surface area contributed by atoms with E-state index >= 15 is 0 Å². The second-order valence-electron chi connectivity index (χ2n) is 3.54. The van der Waals surface area contributed by atoms with E-state index in [9.17, 15) is 9.59 Å². The van der Waals surface area contributed by atoms with Crippen molar-refractivity contribution in [3.05, 3.63) is 34.2 Å². The van der Waals surface area contributed by atoms with Gasteiger partial charge in [0.1, 0.15) is 0 Å². The Hall–Kier alpha value is -1.62. The Morgan fingerprint density at radius 2 is 2.06 bits per heavy atom. The predicted molar refractivity (Wildman–Crippen MR) is 58.6 cm³/mol. The van der Waals surface area contributed by atoms with Crippen LogP contribution in [-0.4, -0.2) is 27.4 Å². The summed E-state index contributed by atoms with van der Waals surface area (Å²) in [5.41, 5.74) is -0.291. The lowest BCUT2D eigenvalue weighted by Crippen LogP contribution is -2.20. The van der Waals surface area contributed by atoms with Gasteiger partial charge in [-0.05, 0) is 25.3 Å². The van der Waals surface area contributed by atoms with Crippen LogP contribution in [0, 0.1) is 0 Å². The molecule has 16 heavy (non-hydrogen) atoms. The molecule has 0 unspecified atom stereocenters. The maximum atomic E-state index is 11.5. The topological polar surface area (TPSA) is 79.5 Å². The Morgan fingerprint density at radius 3 is 2.62 bits per heavy atom. The molecule has 0 fully saturated rings. The molecule has 0 aliphatic carbocycles. The number of aromatic carboxylic acids is 1. The summed E-state index contributed by atoms with van der Waals surface area (Å²) in [4.78, 5) is 22.0. The van der Waals surface area contributed by atoms with Crippen molar-refractivity contribution in [2.75, 3.05) is 6.61 Å². The highest BCUT2D eigenvalue weighted by Crippen LogP contribution is 1.99. The number of pyridine rings is 1. The second kappa shape index (κ2) is 6.07. The molecule has 2 N–H and O–H groups in total. The number of aryl methyl sites for hydroxylation is 1. The molecule has 0 atom stereocenters. The van der Waals surface area contributed by atoms with E-state index in [0.29, 0.717) is 6.54 Å². The number of carboxylic acid groups (broad SMARTS) is 1. The minimum atomic E-state index is -1.09. The van der Waals surface area contributed by atoms with E-state index in [1.54, 1.807) is 0 Å². The zero-order valence-corrected chi connectivity index (χ0v) is 8.93. The van der Waals surface area contributed by atoms with Gasteiger partial charge in [-0.3, -0.25) is 4.79 Å². The van der Waals surface area contributed by atoms with Crippen molar-refractivity contribution in [3.8, 4) is 0 Å². The standard InChI is InChI=1S/C11H15NO4/c13-7-3-1-2-5-12-6-4-9(11(15)16)8-10(12)14/h4,6,8,13H,1-3,5,7H2,(H,15,16). The summed E-state index contributed by atoms with van der Waals surface area (Å²) in [5.74, 6) is -1.09. The number of hydrogen-bond acceptors (Lipinski definition) is 3. The summed E-state index contributed by atoms with van der Waals surface area (Å²) < 4.78 is 1.48. The van der Waals surface area contributed by atoms with Crippen LogP contribution in [0.5, 0.6) is 0 Å². The van der Waals surface area contributed by atoms with Crippen LogP contribution in [-0.2, 0) is 6.54 Å². The first-order valence-corrected chi connectivity index (χ1v) is 5.20. The Kier molecular flexibility index (Phi) is 4.72. The highest BCUT2D eigenvalue weighted by atomic mass is 16.4. The number of aliphatic hydroxyl groups excluding tert-OH is 1. The maximum absolute atomic E-state index is 11.5. The van der Waals surface area contributed by atoms with Gasteiger partial charge in [-0.2, -0.15) is 0 Å². The molecule has 5 nitrogen and oxygen atoms in total. The molecule has 0 spiro atoms. The van der Waals surface area contributed by atoms with Gasteiger partial charge in [0.25, 0.3) is 5.56 Å². The average Bonchev–Trinajstić information content (AvgIpc) is 2.26. The van der Waals surface area contributed by atoms with Crippen LogP contribution < -0.4 is 5.56 Å². The van der Waals surface area contributed by atoms with Gasteiger partial charge in [-0.15, -0.1) is 0 Å². The molecule has 1 aromatic rings. The quantitative estimate of drug-likeness (QED) is 0.699. The van der Waals surface area contributed by atoms with Crippen molar-refractivity contribution in [1.29, 1.82) is 0 Å². The predicted octanol–water partition coefficient (Wildman–Crippen LogP) is 0.709. The molecule has 0 amide bonds. The zero-order chi connectivity index (χ0) is 12.0. The van der Waals surface area contributed by atoms with Crippen LogP contribution in [0.25, 0.3) is 0 Å². The number of aromatic nitrogens is 1. The minimum Gasteiger partial charge on any atom is -0.478 e. The fourth-order valence-electron chi connectivity index (χ4n) is 1.40. The van der Waals surface area contributed by atoms with Gasteiger partial charge in [0.15, 0.2) is 0 Å². The highest BCUT2D eigenvalue weighted by Gasteiger charge is 2.04. The summed E-state index contributed by atoms with van der Waals surface area (Å²) in [6, 6.07) is 2.53. The van der Waals surface area contributed by atoms with Gasteiger partial charge >= 0.3 is 5.97 Å². The smallest absolute Gasteiger partial charge is 0.335 e. The molecule has 0 aliphatic heterocycles. The SMILES string of the molecule is O=C(O)c1ccn(CCCCCO)c(=O)c1. The van der Waals surface area contributed by atoms with Gasteiger partial charge < -0.3 is 14.8 Å². The van der Waals surface area contributed by atoms with E-state index in [1.165, 1.54) is 16.8 Å². The number of carbonyl (C=O) groups is 1. The van der Waals surface area contributed by atoms with Crippen molar-refractivity contribution in [2.45, 2.75) is 25.8 Å². The van der Waals surface area contributed by atoms with Crippen LogP contribution in [0.3, 0.4) is 0 Å². The zero-order valence-electron chi connectivity index (χ0n) is 8.93. The van der Waals surface area contributed by atoms with E-state index in [2.05, 4.69) is 0 Å². The van der Waals surface area contributed by atoms with E-state index in [1.807, 2.05) is 0 Å². The van der Waals surface area contributed by atoms with Crippen molar-refractivity contribution in [2.24, 2.45) is 0 Å². The van der Waals surface area contributed by atoms with Gasteiger partial charge in [-0.25, -0.2) is 4.79 Å². The first-order valence-electron chi connectivity index (χ1n) is 5.20. The molecular formula is C11H15NO4. The lowest BCUT2D eigenvalue weighted by molar-refractivity contribution is 0.0696. The number of rotatable bonds is 6. The molecule has 1 heterocycles. The number of carboxylic acids is 1.